The van der Waals surface area contributed by atoms with Crippen LogP contribution in [0.25, 0.3) is 11.0 Å². The van der Waals surface area contributed by atoms with E-state index in [1.807, 2.05) is 19.2 Å². The molecule has 37 heavy (non-hydrogen) atoms. The smallest absolute Gasteiger partial charge is 0.352 e. The fourth-order valence-corrected chi connectivity index (χ4v) is 5.36. The highest BCUT2D eigenvalue weighted by Crippen LogP contribution is 2.39. The van der Waals surface area contributed by atoms with Crippen molar-refractivity contribution in [3.63, 3.8) is 0 Å². The lowest BCUT2D eigenvalue weighted by Crippen LogP contribution is -2.49. The molecule has 0 atom stereocenters. The summed E-state index contributed by atoms with van der Waals surface area (Å²) in [5, 5.41) is 11.1. The third kappa shape index (κ3) is 6.29. The number of rotatable bonds is 8. The number of amides is 1. The van der Waals surface area contributed by atoms with Gasteiger partial charge < -0.3 is 5.32 Å². The zero-order valence-electron chi connectivity index (χ0n) is 21.4. The van der Waals surface area contributed by atoms with Gasteiger partial charge in [0, 0.05) is 20.1 Å². The standard InChI is InChI=1S/C27H33F4N5O/c1-18(2)14-26(25(37)32-16-21-10-20(15-28)11-22(12-21)27(29,30)31)6-8-36(9-7-26)17-19-4-5-24-23(13-19)33-34-35(24)3/h4-5,10-13,18H,6-9,14-17H2,1-3H3,(H,32,37). The van der Waals surface area contributed by atoms with Crippen LogP contribution in [0.15, 0.2) is 36.4 Å². The molecule has 0 bridgehead atoms. The maximum atomic E-state index is 13.4. The molecule has 10 heteroatoms. The molecule has 1 saturated heterocycles. The Morgan fingerprint density at radius 2 is 1.78 bits per heavy atom. The minimum absolute atomic E-state index is 0.0519. The fourth-order valence-electron chi connectivity index (χ4n) is 5.36. The first-order valence-electron chi connectivity index (χ1n) is 12.5. The second-order valence-electron chi connectivity index (χ2n) is 10.5. The number of aryl methyl sites for hydroxylation is 1. The van der Waals surface area contributed by atoms with Crippen LogP contribution in [-0.2, 0) is 37.8 Å². The number of likely N-dealkylation sites (tertiary alicyclic amines) is 1. The van der Waals surface area contributed by atoms with E-state index in [0.717, 1.165) is 48.4 Å². The van der Waals surface area contributed by atoms with E-state index in [0.29, 0.717) is 19.3 Å². The number of carbonyl (C=O) groups excluding carboxylic acids is 1. The highest BCUT2D eigenvalue weighted by molar-refractivity contribution is 5.82. The number of piperidine rings is 1. The molecule has 0 unspecified atom stereocenters. The van der Waals surface area contributed by atoms with Crippen molar-refractivity contribution in [1.29, 1.82) is 0 Å². The Bertz CT molecular complexity index is 1250. The highest BCUT2D eigenvalue weighted by Gasteiger charge is 2.41. The molecule has 1 aromatic heterocycles. The van der Waals surface area contributed by atoms with Crippen molar-refractivity contribution in [3.05, 3.63) is 58.7 Å². The van der Waals surface area contributed by atoms with Gasteiger partial charge >= 0.3 is 6.18 Å². The van der Waals surface area contributed by atoms with E-state index >= 15 is 0 Å². The third-order valence-corrected chi connectivity index (χ3v) is 7.16. The molecule has 2 heterocycles. The molecule has 0 spiro atoms. The van der Waals surface area contributed by atoms with Gasteiger partial charge in [0.05, 0.1) is 16.5 Å². The van der Waals surface area contributed by atoms with Crippen molar-refractivity contribution in [3.8, 4) is 0 Å². The second kappa shape index (κ2) is 10.8. The summed E-state index contributed by atoms with van der Waals surface area (Å²) in [5.41, 5.74) is 1.63. The van der Waals surface area contributed by atoms with E-state index in [2.05, 4.69) is 40.4 Å². The molecule has 1 amide bonds. The number of carbonyl (C=O) groups is 1. The molecule has 4 rings (SSSR count). The van der Waals surface area contributed by atoms with Gasteiger partial charge in [0.1, 0.15) is 12.2 Å². The number of alkyl halides is 4. The van der Waals surface area contributed by atoms with Crippen LogP contribution in [0.4, 0.5) is 17.6 Å². The van der Waals surface area contributed by atoms with Gasteiger partial charge in [-0.15, -0.1) is 5.10 Å². The highest BCUT2D eigenvalue weighted by atomic mass is 19.4. The van der Waals surface area contributed by atoms with Gasteiger partial charge in [-0.25, -0.2) is 9.07 Å². The normalized spacial score (nSPS) is 16.4. The Morgan fingerprint density at radius 3 is 2.43 bits per heavy atom. The maximum absolute atomic E-state index is 13.4. The van der Waals surface area contributed by atoms with Crippen LogP contribution in [-0.4, -0.2) is 38.9 Å². The van der Waals surface area contributed by atoms with Crippen LogP contribution < -0.4 is 5.32 Å². The van der Waals surface area contributed by atoms with E-state index in [-0.39, 0.29) is 29.5 Å². The van der Waals surface area contributed by atoms with Crippen LogP contribution in [0.3, 0.4) is 0 Å². The molecule has 1 fully saturated rings. The summed E-state index contributed by atoms with van der Waals surface area (Å²) in [5.74, 6) is 0.129. The SMILES string of the molecule is CC(C)CC1(C(=O)NCc2cc(CF)cc(C(F)(F)F)c2)CCN(Cc2ccc3c(c2)nnn3C)CC1. The zero-order valence-corrected chi connectivity index (χ0v) is 21.4. The summed E-state index contributed by atoms with van der Waals surface area (Å²) in [6, 6.07) is 9.27. The predicted octanol–water partition coefficient (Wildman–Crippen LogP) is 5.40. The molecule has 6 nitrogen and oxygen atoms in total. The Labute approximate surface area is 214 Å². The second-order valence-corrected chi connectivity index (χ2v) is 10.5. The van der Waals surface area contributed by atoms with Crippen molar-refractivity contribution < 1.29 is 22.4 Å². The molecule has 0 radical (unpaired) electrons. The predicted molar refractivity (Wildman–Crippen MR) is 133 cm³/mol. The molecular weight excluding hydrogens is 486 g/mol. The average Bonchev–Trinajstić information content (AvgIpc) is 3.22. The van der Waals surface area contributed by atoms with E-state index in [1.54, 1.807) is 4.68 Å². The van der Waals surface area contributed by atoms with E-state index in [4.69, 9.17) is 0 Å². The van der Waals surface area contributed by atoms with E-state index in [1.165, 1.54) is 6.07 Å². The van der Waals surface area contributed by atoms with Crippen molar-refractivity contribution in [2.75, 3.05) is 13.1 Å². The summed E-state index contributed by atoms with van der Waals surface area (Å²) in [4.78, 5) is 15.7. The van der Waals surface area contributed by atoms with Gasteiger partial charge in [0.25, 0.3) is 0 Å². The largest absolute Gasteiger partial charge is 0.416 e. The summed E-state index contributed by atoms with van der Waals surface area (Å²) in [6.07, 6.45) is -2.57. The molecular formula is C27H33F4N5O. The first-order chi connectivity index (χ1) is 17.5. The minimum Gasteiger partial charge on any atom is -0.352 e. The van der Waals surface area contributed by atoms with Gasteiger partial charge in [0.2, 0.25) is 5.91 Å². The first-order valence-corrected chi connectivity index (χ1v) is 12.5. The van der Waals surface area contributed by atoms with Gasteiger partial charge in [-0.05, 0) is 79.2 Å². The molecule has 200 valence electrons. The van der Waals surface area contributed by atoms with Crippen molar-refractivity contribution in [2.24, 2.45) is 18.4 Å². The van der Waals surface area contributed by atoms with Crippen molar-refractivity contribution in [1.82, 2.24) is 25.2 Å². The quantitative estimate of drug-likeness (QED) is 0.405. The van der Waals surface area contributed by atoms with E-state index in [9.17, 15) is 22.4 Å². The van der Waals surface area contributed by atoms with Gasteiger partial charge in [-0.3, -0.25) is 9.69 Å². The monoisotopic (exact) mass is 519 g/mol. The molecule has 1 N–H and O–H groups in total. The zero-order chi connectivity index (χ0) is 26.8. The van der Waals surface area contributed by atoms with Crippen LogP contribution in [0.1, 0.15) is 55.4 Å². The van der Waals surface area contributed by atoms with E-state index < -0.39 is 23.8 Å². The molecule has 1 aliphatic rings. The number of halogens is 4. The Kier molecular flexibility index (Phi) is 7.87. The van der Waals surface area contributed by atoms with Gasteiger partial charge in [-0.2, -0.15) is 13.2 Å². The lowest BCUT2D eigenvalue weighted by molar-refractivity contribution is -0.137. The number of hydrogen-bond acceptors (Lipinski definition) is 4. The summed E-state index contributed by atoms with van der Waals surface area (Å²) >= 11 is 0. The fraction of sp³-hybridized carbons (Fsp3) is 0.519. The van der Waals surface area contributed by atoms with Gasteiger partial charge in [-0.1, -0.05) is 31.2 Å². The minimum atomic E-state index is -4.58. The Balaban J connectivity index is 1.42. The Hall–Kier alpha value is -3.01. The van der Waals surface area contributed by atoms with Gasteiger partial charge in [0.15, 0.2) is 0 Å². The Morgan fingerprint density at radius 1 is 1.08 bits per heavy atom. The molecule has 0 saturated carbocycles. The van der Waals surface area contributed by atoms with Crippen LogP contribution in [0.2, 0.25) is 0 Å². The van der Waals surface area contributed by atoms with Crippen LogP contribution in [0.5, 0.6) is 0 Å². The number of aromatic nitrogens is 3. The van der Waals surface area contributed by atoms with Crippen molar-refractivity contribution in [2.45, 2.75) is 59.1 Å². The number of hydrogen-bond donors (Lipinski definition) is 1. The summed E-state index contributed by atoms with van der Waals surface area (Å²) < 4.78 is 54.6. The average molecular weight is 520 g/mol. The number of benzene rings is 2. The summed E-state index contributed by atoms with van der Waals surface area (Å²) in [7, 11) is 1.85. The van der Waals surface area contributed by atoms with Crippen LogP contribution in [0, 0.1) is 11.3 Å². The molecule has 0 aliphatic carbocycles. The molecule has 3 aromatic rings. The topological polar surface area (TPSA) is 63.1 Å². The number of fused-ring (bicyclic) bond motifs is 1. The maximum Gasteiger partial charge on any atom is 0.416 e. The first kappa shape index (κ1) is 27.0. The number of nitrogens with one attached hydrogen (secondary N) is 1. The van der Waals surface area contributed by atoms with Crippen LogP contribution >= 0.6 is 0 Å². The lowest BCUT2D eigenvalue weighted by atomic mass is 9.72. The molecule has 2 aromatic carbocycles. The molecule has 1 aliphatic heterocycles. The number of nitrogens with zero attached hydrogens (tertiary/aromatic N) is 4. The third-order valence-electron chi connectivity index (χ3n) is 7.16. The summed E-state index contributed by atoms with van der Waals surface area (Å²) in [6.45, 7) is 5.26. The lowest BCUT2D eigenvalue weighted by Gasteiger charge is -2.41. The van der Waals surface area contributed by atoms with Crippen molar-refractivity contribution >= 4 is 16.9 Å².